The molecule has 0 heterocycles. The van der Waals surface area contributed by atoms with Crippen LogP contribution in [0, 0.1) is 0 Å². The van der Waals surface area contributed by atoms with E-state index in [9.17, 15) is 14.7 Å². The molecule has 8 heteroatoms. The molecule has 0 saturated carbocycles. The van der Waals surface area contributed by atoms with E-state index < -0.39 is 0 Å². The third-order valence-corrected chi connectivity index (χ3v) is 3.95. The molecule has 2 amide bonds. The van der Waals surface area contributed by atoms with Crippen LogP contribution in [0.2, 0.25) is 0 Å². The van der Waals surface area contributed by atoms with E-state index >= 15 is 0 Å². The number of hydrogen-bond donors (Lipinski definition) is 3. The van der Waals surface area contributed by atoms with Crippen molar-refractivity contribution < 1.29 is 19.4 Å². The van der Waals surface area contributed by atoms with Gasteiger partial charge in [0.25, 0.3) is 5.91 Å². The summed E-state index contributed by atoms with van der Waals surface area (Å²) in [5, 5.41) is 16.3. The topological polar surface area (TPSA) is 100 Å². The van der Waals surface area contributed by atoms with Gasteiger partial charge in [-0.05, 0) is 45.8 Å². The normalized spacial score (nSPS) is 10.5. The molecule has 0 radical (unpaired) electrons. The number of ether oxygens (including phenoxy) is 1. The van der Waals surface area contributed by atoms with Gasteiger partial charge in [-0.15, -0.1) is 0 Å². The highest BCUT2D eigenvalue weighted by molar-refractivity contribution is 9.10. The van der Waals surface area contributed by atoms with E-state index in [4.69, 9.17) is 4.74 Å². The van der Waals surface area contributed by atoms with Gasteiger partial charge in [0.05, 0.1) is 17.8 Å². The molecular weight excluding hydrogens is 402 g/mol. The van der Waals surface area contributed by atoms with Crippen molar-refractivity contribution in [1.82, 2.24) is 10.7 Å². The Morgan fingerprint density at radius 2 is 2.00 bits per heavy atom. The number of nitrogens with one attached hydrogen (secondary N) is 2. The number of methoxy groups -OCH3 is 1. The summed E-state index contributed by atoms with van der Waals surface area (Å²) in [5.74, 6) is -0.291. The molecule has 0 aliphatic rings. The molecule has 2 aromatic carbocycles. The number of phenols is 1. The van der Waals surface area contributed by atoms with Crippen molar-refractivity contribution in [3.05, 3.63) is 58.1 Å². The predicted octanol–water partition coefficient (Wildman–Crippen LogP) is 2.43. The van der Waals surface area contributed by atoms with E-state index in [0.29, 0.717) is 15.6 Å². The van der Waals surface area contributed by atoms with Crippen LogP contribution in [0.3, 0.4) is 0 Å². The second kappa shape index (κ2) is 9.57. The van der Waals surface area contributed by atoms with E-state index in [0.717, 1.165) is 0 Å². The number of nitrogens with zero attached hydrogens (tertiary/aromatic N) is 1. The Morgan fingerprint density at radius 1 is 1.27 bits per heavy atom. The van der Waals surface area contributed by atoms with Crippen LogP contribution in [-0.2, 0) is 4.79 Å². The highest BCUT2D eigenvalue weighted by Crippen LogP contribution is 2.34. The highest BCUT2D eigenvalue weighted by Gasteiger charge is 2.08. The Balaban J connectivity index is 1.79. The lowest BCUT2D eigenvalue weighted by molar-refractivity contribution is -0.120. The minimum absolute atomic E-state index is 0.0113. The zero-order valence-electron chi connectivity index (χ0n) is 14.0. The van der Waals surface area contributed by atoms with Gasteiger partial charge in [-0.25, -0.2) is 5.43 Å². The van der Waals surface area contributed by atoms with Gasteiger partial charge in [-0.3, -0.25) is 9.59 Å². The van der Waals surface area contributed by atoms with Gasteiger partial charge in [-0.1, -0.05) is 18.2 Å². The molecule has 0 aromatic heterocycles. The third kappa shape index (κ3) is 5.59. The van der Waals surface area contributed by atoms with E-state index in [2.05, 4.69) is 31.8 Å². The van der Waals surface area contributed by atoms with Crippen LogP contribution < -0.4 is 15.5 Å². The molecule has 0 atom stereocenters. The fourth-order valence-electron chi connectivity index (χ4n) is 2.04. The van der Waals surface area contributed by atoms with Crippen molar-refractivity contribution in [2.45, 2.75) is 6.42 Å². The fourth-order valence-corrected chi connectivity index (χ4v) is 2.50. The summed E-state index contributed by atoms with van der Waals surface area (Å²) in [6.07, 6.45) is 1.52. The predicted molar refractivity (Wildman–Crippen MR) is 101 cm³/mol. The molecule has 0 aliphatic heterocycles. The molecule has 0 saturated heterocycles. The second-order valence-corrected chi connectivity index (χ2v) is 6.07. The lowest BCUT2D eigenvalue weighted by Gasteiger charge is -2.06. The van der Waals surface area contributed by atoms with Crippen molar-refractivity contribution in [3.8, 4) is 11.5 Å². The van der Waals surface area contributed by atoms with Crippen LogP contribution in [0.15, 0.2) is 52.0 Å². The number of halogens is 1. The molecule has 2 aromatic rings. The SMILES string of the molecule is COc1cc(/C=N/NC(=O)CCNC(=O)c2ccccc2)cc(Br)c1O. The van der Waals surface area contributed by atoms with E-state index in [1.165, 1.54) is 13.3 Å². The molecular formula is C18H18BrN3O4. The molecule has 0 fully saturated rings. The zero-order chi connectivity index (χ0) is 18.9. The number of carbonyl (C=O) groups excluding carboxylic acids is 2. The summed E-state index contributed by atoms with van der Waals surface area (Å²) in [7, 11) is 1.44. The van der Waals surface area contributed by atoms with Crippen molar-refractivity contribution in [2.75, 3.05) is 13.7 Å². The highest BCUT2D eigenvalue weighted by atomic mass is 79.9. The van der Waals surface area contributed by atoms with Gasteiger partial charge in [0.15, 0.2) is 11.5 Å². The zero-order valence-corrected chi connectivity index (χ0v) is 15.6. The third-order valence-electron chi connectivity index (χ3n) is 3.35. The molecule has 0 bridgehead atoms. The quantitative estimate of drug-likeness (QED) is 0.473. The maximum absolute atomic E-state index is 11.8. The van der Waals surface area contributed by atoms with Crippen LogP contribution in [0.5, 0.6) is 11.5 Å². The summed E-state index contributed by atoms with van der Waals surface area (Å²) in [4.78, 5) is 23.6. The van der Waals surface area contributed by atoms with Gasteiger partial charge >= 0.3 is 0 Å². The van der Waals surface area contributed by atoms with E-state index in [1.54, 1.807) is 36.4 Å². The lowest BCUT2D eigenvalue weighted by atomic mass is 10.2. The van der Waals surface area contributed by atoms with Crippen molar-refractivity contribution in [3.63, 3.8) is 0 Å². The van der Waals surface area contributed by atoms with Gasteiger partial charge in [-0.2, -0.15) is 5.10 Å². The van der Waals surface area contributed by atoms with Crippen molar-refractivity contribution in [1.29, 1.82) is 0 Å². The van der Waals surface area contributed by atoms with Crippen LogP contribution in [0.25, 0.3) is 0 Å². The second-order valence-electron chi connectivity index (χ2n) is 5.22. The summed E-state index contributed by atoms with van der Waals surface area (Å²) in [5.41, 5.74) is 3.55. The van der Waals surface area contributed by atoms with E-state index in [-0.39, 0.29) is 36.3 Å². The first-order valence-corrected chi connectivity index (χ1v) is 8.52. The molecule has 0 aliphatic carbocycles. The van der Waals surface area contributed by atoms with E-state index in [1.807, 2.05) is 6.07 Å². The van der Waals surface area contributed by atoms with Crippen LogP contribution in [0.4, 0.5) is 0 Å². The van der Waals surface area contributed by atoms with Gasteiger partial charge in [0.1, 0.15) is 0 Å². The van der Waals surface area contributed by atoms with Gasteiger partial charge in [0, 0.05) is 18.5 Å². The summed E-state index contributed by atoms with van der Waals surface area (Å²) < 4.78 is 5.49. The maximum Gasteiger partial charge on any atom is 0.251 e. The Bertz CT molecular complexity index is 810. The van der Waals surface area contributed by atoms with Crippen LogP contribution >= 0.6 is 15.9 Å². The number of carbonyl (C=O) groups is 2. The molecule has 7 nitrogen and oxygen atoms in total. The van der Waals surface area contributed by atoms with Gasteiger partial charge in [0.2, 0.25) is 5.91 Å². The minimum atomic E-state index is -0.334. The number of benzene rings is 2. The smallest absolute Gasteiger partial charge is 0.251 e. The molecule has 136 valence electrons. The largest absolute Gasteiger partial charge is 0.503 e. The number of hydrogen-bond acceptors (Lipinski definition) is 5. The molecule has 0 unspecified atom stereocenters. The first-order valence-electron chi connectivity index (χ1n) is 7.73. The number of rotatable bonds is 7. The average molecular weight is 420 g/mol. The average Bonchev–Trinajstić information content (AvgIpc) is 2.65. The Hall–Kier alpha value is -2.87. The Morgan fingerprint density at radius 3 is 2.69 bits per heavy atom. The fraction of sp³-hybridized carbons (Fsp3) is 0.167. The molecule has 3 N–H and O–H groups in total. The number of aromatic hydroxyl groups is 1. The first kappa shape index (κ1) is 19.5. The van der Waals surface area contributed by atoms with Crippen molar-refractivity contribution >= 4 is 34.0 Å². The summed E-state index contributed by atoms with van der Waals surface area (Å²) in [6.45, 7) is 0.202. The van der Waals surface area contributed by atoms with Crippen LogP contribution in [-0.4, -0.2) is 36.8 Å². The standard InChI is InChI=1S/C18H18BrN3O4/c1-26-15-10-12(9-14(19)17(15)24)11-21-22-16(23)7-8-20-18(25)13-5-3-2-4-6-13/h2-6,9-11,24H,7-8H2,1H3,(H,20,25)(H,22,23)/b21-11+. The summed E-state index contributed by atoms with van der Waals surface area (Å²) in [6, 6.07) is 12.0. The van der Waals surface area contributed by atoms with Crippen LogP contribution in [0.1, 0.15) is 22.3 Å². The molecule has 2 rings (SSSR count). The van der Waals surface area contributed by atoms with Crippen molar-refractivity contribution in [2.24, 2.45) is 5.10 Å². The number of amides is 2. The van der Waals surface area contributed by atoms with Gasteiger partial charge < -0.3 is 15.2 Å². The number of phenolic OH excluding ortho intramolecular Hbond substituents is 1. The minimum Gasteiger partial charge on any atom is -0.503 e. The Kier molecular flexibility index (Phi) is 7.16. The summed E-state index contributed by atoms with van der Waals surface area (Å²) >= 11 is 3.21. The maximum atomic E-state index is 11.8. The Labute approximate surface area is 159 Å². The molecule has 0 spiro atoms. The lowest BCUT2D eigenvalue weighted by Crippen LogP contribution is -2.28. The molecule has 26 heavy (non-hydrogen) atoms. The first-order chi connectivity index (χ1) is 12.5. The number of hydrazone groups is 1. The monoisotopic (exact) mass is 419 g/mol.